The van der Waals surface area contributed by atoms with Crippen molar-refractivity contribution in [3.8, 4) is 0 Å². The number of benzene rings is 1. The molecule has 19 heavy (non-hydrogen) atoms. The van der Waals surface area contributed by atoms with E-state index in [9.17, 15) is 0 Å². The van der Waals surface area contributed by atoms with Gasteiger partial charge in [0.1, 0.15) is 0 Å². The Balaban J connectivity index is 2.62. The van der Waals surface area contributed by atoms with Gasteiger partial charge in [0.05, 0.1) is 0 Å². The van der Waals surface area contributed by atoms with E-state index in [1.165, 1.54) is 5.56 Å². The van der Waals surface area contributed by atoms with E-state index in [-0.39, 0.29) is 0 Å². The second kappa shape index (κ2) is 9.42. The molecule has 0 aliphatic carbocycles. The number of nitrogens with one attached hydrogen (secondary N) is 2. The summed E-state index contributed by atoms with van der Waals surface area (Å²) in [6.07, 6.45) is 2.22. The zero-order valence-electron chi connectivity index (χ0n) is 12.4. The van der Waals surface area contributed by atoms with Crippen molar-refractivity contribution in [2.45, 2.75) is 39.5 Å². The van der Waals surface area contributed by atoms with Gasteiger partial charge in [-0.2, -0.15) is 0 Å². The lowest BCUT2D eigenvalue weighted by atomic mass is 9.97. The average molecular weight is 261 g/mol. The number of hydrogen-bond acceptors (Lipinski definition) is 1. The molecule has 106 valence electrons. The van der Waals surface area contributed by atoms with Gasteiger partial charge in [0, 0.05) is 25.6 Å². The first-order valence-electron chi connectivity index (χ1n) is 7.38. The summed E-state index contributed by atoms with van der Waals surface area (Å²) in [7, 11) is 0. The van der Waals surface area contributed by atoms with Crippen molar-refractivity contribution in [1.82, 2.24) is 10.6 Å². The molecule has 0 aliphatic rings. The second-order valence-corrected chi connectivity index (χ2v) is 4.66. The summed E-state index contributed by atoms with van der Waals surface area (Å²) in [5.41, 5.74) is 1.38. The maximum atomic E-state index is 4.69. The number of aliphatic imine (C=N–C) groups is 1. The van der Waals surface area contributed by atoms with Crippen LogP contribution in [0.3, 0.4) is 0 Å². The Hall–Kier alpha value is -1.51. The molecule has 1 unspecified atom stereocenters. The molecule has 0 radical (unpaired) electrons. The molecule has 1 rings (SSSR count). The van der Waals surface area contributed by atoms with Crippen LogP contribution in [0.25, 0.3) is 0 Å². The molecule has 3 nitrogen and oxygen atoms in total. The predicted molar refractivity (Wildman–Crippen MR) is 83.7 cm³/mol. The SMILES string of the molecule is CCCNC(=NCC(CC)c1ccccc1)NCC. The molecule has 1 atom stereocenters. The van der Waals surface area contributed by atoms with Gasteiger partial charge in [-0.05, 0) is 25.3 Å². The zero-order chi connectivity index (χ0) is 13.9. The van der Waals surface area contributed by atoms with E-state index in [1.54, 1.807) is 0 Å². The van der Waals surface area contributed by atoms with Crippen LogP contribution in [0.15, 0.2) is 35.3 Å². The Labute approximate surface area is 117 Å². The van der Waals surface area contributed by atoms with Gasteiger partial charge < -0.3 is 10.6 Å². The largest absolute Gasteiger partial charge is 0.357 e. The Morgan fingerprint density at radius 1 is 1.11 bits per heavy atom. The molecular weight excluding hydrogens is 234 g/mol. The molecule has 2 N–H and O–H groups in total. The van der Waals surface area contributed by atoms with Gasteiger partial charge in [0.2, 0.25) is 0 Å². The van der Waals surface area contributed by atoms with Gasteiger partial charge in [-0.1, -0.05) is 44.2 Å². The van der Waals surface area contributed by atoms with Crippen LogP contribution in [0, 0.1) is 0 Å². The summed E-state index contributed by atoms with van der Waals surface area (Å²) < 4.78 is 0. The fourth-order valence-corrected chi connectivity index (χ4v) is 1.98. The molecule has 1 aromatic rings. The summed E-state index contributed by atoms with van der Waals surface area (Å²) in [4.78, 5) is 4.69. The highest BCUT2D eigenvalue weighted by atomic mass is 15.2. The van der Waals surface area contributed by atoms with E-state index >= 15 is 0 Å². The maximum absolute atomic E-state index is 4.69. The fourth-order valence-electron chi connectivity index (χ4n) is 1.98. The predicted octanol–water partition coefficient (Wildman–Crippen LogP) is 3.15. The number of nitrogens with zero attached hydrogens (tertiary/aromatic N) is 1. The first-order chi connectivity index (χ1) is 9.31. The van der Waals surface area contributed by atoms with E-state index in [0.29, 0.717) is 5.92 Å². The molecule has 0 amide bonds. The van der Waals surface area contributed by atoms with Crippen LogP contribution >= 0.6 is 0 Å². The van der Waals surface area contributed by atoms with Gasteiger partial charge in [-0.15, -0.1) is 0 Å². The van der Waals surface area contributed by atoms with E-state index in [4.69, 9.17) is 4.99 Å². The Kier molecular flexibility index (Phi) is 7.71. The molecule has 0 bridgehead atoms. The highest BCUT2D eigenvalue weighted by molar-refractivity contribution is 5.79. The average Bonchev–Trinajstić information content (AvgIpc) is 2.46. The van der Waals surface area contributed by atoms with Crippen molar-refractivity contribution in [3.63, 3.8) is 0 Å². The van der Waals surface area contributed by atoms with Crippen molar-refractivity contribution in [2.24, 2.45) is 4.99 Å². The second-order valence-electron chi connectivity index (χ2n) is 4.66. The smallest absolute Gasteiger partial charge is 0.191 e. The Morgan fingerprint density at radius 3 is 2.42 bits per heavy atom. The van der Waals surface area contributed by atoms with Crippen molar-refractivity contribution in [1.29, 1.82) is 0 Å². The van der Waals surface area contributed by atoms with E-state index in [2.05, 4.69) is 61.7 Å². The summed E-state index contributed by atoms with van der Waals surface area (Å²) in [5.74, 6) is 1.43. The van der Waals surface area contributed by atoms with Crippen LogP contribution in [-0.2, 0) is 0 Å². The Morgan fingerprint density at radius 2 is 1.84 bits per heavy atom. The third-order valence-corrected chi connectivity index (χ3v) is 3.12. The Bertz CT molecular complexity index is 360. The lowest BCUT2D eigenvalue weighted by Crippen LogP contribution is -2.37. The molecule has 0 aromatic heterocycles. The minimum atomic E-state index is 0.498. The molecule has 0 aliphatic heterocycles. The van der Waals surface area contributed by atoms with Crippen molar-refractivity contribution in [2.75, 3.05) is 19.6 Å². The molecule has 0 fully saturated rings. The molecular formula is C16H27N3. The van der Waals surface area contributed by atoms with Crippen molar-refractivity contribution in [3.05, 3.63) is 35.9 Å². The normalized spacial score (nSPS) is 13.1. The quantitative estimate of drug-likeness (QED) is 0.584. The van der Waals surface area contributed by atoms with Gasteiger partial charge in [0.15, 0.2) is 5.96 Å². The van der Waals surface area contributed by atoms with Crippen molar-refractivity contribution >= 4 is 5.96 Å². The van der Waals surface area contributed by atoms with Crippen LogP contribution in [0.5, 0.6) is 0 Å². The summed E-state index contributed by atoms with van der Waals surface area (Å²) in [5, 5.41) is 6.63. The minimum Gasteiger partial charge on any atom is -0.357 e. The molecule has 1 aromatic carbocycles. The van der Waals surface area contributed by atoms with Gasteiger partial charge in [0.25, 0.3) is 0 Å². The first kappa shape index (κ1) is 15.5. The number of rotatable bonds is 7. The fraction of sp³-hybridized carbons (Fsp3) is 0.562. The molecule has 0 heterocycles. The monoisotopic (exact) mass is 261 g/mol. The summed E-state index contributed by atoms with van der Waals surface area (Å²) in [6.45, 7) is 9.18. The van der Waals surface area contributed by atoms with Crippen LogP contribution < -0.4 is 10.6 Å². The lowest BCUT2D eigenvalue weighted by molar-refractivity contribution is 0.666. The van der Waals surface area contributed by atoms with Crippen LogP contribution in [0.1, 0.15) is 45.1 Å². The van der Waals surface area contributed by atoms with E-state index < -0.39 is 0 Å². The maximum Gasteiger partial charge on any atom is 0.191 e. The third-order valence-electron chi connectivity index (χ3n) is 3.12. The molecule has 0 saturated heterocycles. The van der Waals surface area contributed by atoms with Gasteiger partial charge in [-0.3, -0.25) is 4.99 Å². The summed E-state index contributed by atoms with van der Waals surface area (Å²) in [6, 6.07) is 10.6. The lowest BCUT2D eigenvalue weighted by Gasteiger charge is -2.15. The standard InChI is InChI=1S/C16H27N3/c1-4-12-18-16(17-6-3)19-13-14(5-2)15-10-8-7-9-11-15/h7-11,14H,4-6,12-13H2,1-3H3,(H2,17,18,19). The van der Waals surface area contributed by atoms with Crippen LogP contribution in [0.2, 0.25) is 0 Å². The van der Waals surface area contributed by atoms with E-state index in [1.807, 2.05) is 0 Å². The first-order valence-corrected chi connectivity index (χ1v) is 7.38. The number of hydrogen-bond donors (Lipinski definition) is 2. The van der Waals surface area contributed by atoms with Gasteiger partial charge >= 0.3 is 0 Å². The van der Waals surface area contributed by atoms with Crippen molar-refractivity contribution < 1.29 is 0 Å². The van der Waals surface area contributed by atoms with Gasteiger partial charge in [-0.25, -0.2) is 0 Å². The topological polar surface area (TPSA) is 36.4 Å². The highest BCUT2D eigenvalue weighted by Gasteiger charge is 2.08. The molecule has 3 heteroatoms. The highest BCUT2D eigenvalue weighted by Crippen LogP contribution is 2.19. The minimum absolute atomic E-state index is 0.498. The van der Waals surface area contributed by atoms with Crippen LogP contribution in [-0.4, -0.2) is 25.6 Å². The third kappa shape index (κ3) is 5.77. The molecule has 0 saturated carbocycles. The zero-order valence-corrected chi connectivity index (χ0v) is 12.4. The van der Waals surface area contributed by atoms with Crippen LogP contribution in [0.4, 0.5) is 0 Å². The molecule has 0 spiro atoms. The number of guanidine groups is 1. The van der Waals surface area contributed by atoms with E-state index in [0.717, 1.165) is 38.4 Å². The summed E-state index contributed by atoms with van der Waals surface area (Å²) >= 11 is 0.